The Labute approximate surface area is 114 Å². The quantitative estimate of drug-likeness (QED) is 0.896. The Kier molecular flexibility index (Phi) is 4.10. The summed E-state index contributed by atoms with van der Waals surface area (Å²) in [6.07, 6.45) is 0.951. The Morgan fingerprint density at radius 1 is 1.32 bits per heavy atom. The van der Waals surface area contributed by atoms with E-state index < -0.39 is 0 Å². The van der Waals surface area contributed by atoms with E-state index in [0.29, 0.717) is 11.6 Å². The predicted octanol–water partition coefficient (Wildman–Crippen LogP) is 3.32. The molecule has 1 unspecified atom stereocenters. The maximum Gasteiger partial charge on any atom is 0.236 e. The largest absolute Gasteiger partial charge is 0.468 e. The van der Waals surface area contributed by atoms with Crippen molar-refractivity contribution in [3.05, 3.63) is 41.6 Å². The first kappa shape index (κ1) is 13.5. The lowest BCUT2D eigenvalue weighted by Crippen LogP contribution is -2.09. The lowest BCUT2D eigenvalue weighted by molar-refractivity contribution is 0.204. The van der Waals surface area contributed by atoms with Crippen LogP contribution >= 0.6 is 0 Å². The molecule has 2 aromatic rings. The van der Waals surface area contributed by atoms with Gasteiger partial charge in [0.2, 0.25) is 5.88 Å². The summed E-state index contributed by atoms with van der Waals surface area (Å²) in [4.78, 5) is 0. The van der Waals surface area contributed by atoms with Gasteiger partial charge in [-0.1, -0.05) is 37.3 Å². The molecule has 4 nitrogen and oxygen atoms in total. The molecule has 102 valence electrons. The van der Waals surface area contributed by atoms with E-state index in [2.05, 4.69) is 12.0 Å². The van der Waals surface area contributed by atoms with Crippen molar-refractivity contribution < 1.29 is 4.74 Å². The SMILES string of the molecule is CCCn1nc(C)c(N)c1OC(C)c1ccccc1. The monoisotopic (exact) mass is 259 g/mol. The molecular formula is C15H21N3O. The molecule has 0 amide bonds. The van der Waals surface area contributed by atoms with Crippen LogP contribution in [0.3, 0.4) is 0 Å². The lowest BCUT2D eigenvalue weighted by atomic mass is 10.1. The molecule has 0 saturated carbocycles. The minimum atomic E-state index is -0.0461. The van der Waals surface area contributed by atoms with Gasteiger partial charge in [-0.05, 0) is 25.8 Å². The molecule has 1 aromatic carbocycles. The van der Waals surface area contributed by atoms with Crippen LogP contribution in [0.15, 0.2) is 30.3 Å². The highest BCUT2D eigenvalue weighted by molar-refractivity contribution is 5.52. The van der Waals surface area contributed by atoms with Crippen molar-refractivity contribution >= 4 is 5.69 Å². The summed E-state index contributed by atoms with van der Waals surface area (Å²) in [5, 5.41) is 4.41. The normalized spacial score (nSPS) is 12.4. The van der Waals surface area contributed by atoms with E-state index in [4.69, 9.17) is 10.5 Å². The van der Waals surface area contributed by atoms with Crippen LogP contribution in [-0.2, 0) is 6.54 Å². The molecule has 0 aliphatic heterocycles. The number of rotatable bonds is 5. The van der Waals surface area contributed by atoms with Crippen LogP contribution in [0.2, 0.25) is 0 Å². The Morgan fingerprint density at radius 3 is 2.63 bits per heavy atom. The van der Waals surface area contributed by atoms with Gasteiger partial charge in [0.05, 0.1) is 5.69 Å². The summed E-state index contributed by atoms with van der Waals surface area (Å²) in [6.45, 7) is 6.85. The Morgan fingerprint density at radius 2 is 2.00 bits per heavy atom. The molecule has 1 heterocycles. The van der Waals surface area contributed by atoms with Gasteiger partial charge in [0.15, 0.2) is 0 Å². The van der Waals surface area contributed by atoms with Crippen molar-refractivity contribution in [2.24, 2.45) is 0 Å². The summed E-state index contributed by atoms with van der Waals surface area (Å²) in [7, 11) is 0. The molecule has 1 atom stereocenters. The summed E-state index contributed by atoms with van der Waals surface area (Å²) in [6, 6.07) is 10.1. The number of nitrogens with two attached hydrogens (primary N) is 1. The van der Waals surface area contributed by atoms with E-state index in [1.165, 1.54) is 0 Å². The summed E-state index contributed by atoms with van der Waals surface area (Å²) in [5.74, 6) is 0.677. The average Bonchev–Trinajstić information content (AvgIpc) is 2.68. The second-order valence-electron chi connectivity index (χ2n) is 4.70. The van der Waals surface area contributed by atoms with E-state index in [1.54, 1.807) is 0 Å². The Hall–Kier alpha value is -1.97. The van der Waals surface area contributed by atoms with Gasteiger partial charge in [0, 0.05) is 6.54 Å². The van der Waals surface area contributed by atoms with Crippen LogP contribution in [0, 0.1) is 6.92 Å². The first-order chi connectivity index (χ1) is 9.13. The van der Waals surface area contributed by atoms with E-state index in [-0.39, 0.29) is 6.10 Å². The Balaban J connectivity index is 2.23. The molecule has 0 saturated heterocycles. The van der Waals surface area contributed by atoms with Crippen LogP contribution in [0.5, 0.6) is 5.88 Å². The number of nitrogen functional groups attached to an aromatic ring is 1. The van der Waals surface area contributed by atoms with Gasteiger partial charge in [-0.25, -0.2) is 4.68 Å². The maximum atomic E-state index is 6.05. The van der Waals surface area contributed by atoms with Gasteiger partial charge in [0.1, 0.15) is 11.8 Å². The van der Waals surface area contributed by atoms with Gasteiger partial charge in [-0.2, -0.15) is 5.10 Å². The topological polar surface area (TPSA) is 53.1 Å². The molecule has 0 aliphatic carbocycles. The minimum Gasteiger partial charge on any atom is -0.468 e. The number of hydrogen-bond donors (Lipinski definition) is 1. The smallest absolute Gasteiger partial charge is 0.236 e. The number of nitrogens with zero attached hydrogens (tertiary/aromatic N) is 2. The zero-order chi connectivity index (χ0) is 13.8. The second-order valence-corrected chi connectivity index (χ2v) is 4.70. The first-order valence-electron chi connectivity index (χ1n) is 6.68. The third-order valence-electron chi connectivity index (χ3n) is 3.12. The van der Waals surface area contributed by atoms with Crippen molar-refractivity contribution in [1.82, 2.24) is 9.78 Å². The number of benzene rings is 1. The van der Waals surface area contributed by atoms with E-state index in [9.17, 15) is 0 Å². The zero-order valence-electron chi connectivity index (χ0n) is 11.8. The highest BCUT2D eigenvalue weighted by Gasteiger charge is 2.17. The van der Waals surface area contributed by atoms with Crippen molar-refractivity contribution in [3.8, 4) is 5.88 Å². The molecule has 4 heteroatoms. The van der Waals surface area contributed by atoms with Crippen molar-refractivity contribution in [2.45, 2.75) is 39.8 Å². The number of hydrogen-bond acceptors (Lipinski definition) is 3. The molecule has 0 fully saturated rings. The summed E-state index contributed by atoms with van der Waals surface area (Å²) >= 11 is 0. The standard InChI is InChI=1S/C15H21N3O/c1-4-10-18-15(14(16)11(2)17-18)19-12(3)13-8-6-5-7-9-13/h5-9,12H,4,10,16H2,1-3H3. The Bertz CT molecular complexity index is 534. The van der Waals surface area contributed by atoms with Crippen LogP contribution in [0.25, 0.3) is 0 Å². The van der Waals surface area contributed by atoms with Gasteiger partial charge in [0.25, 0.3) is 0 Å². The second kappa shape index (κ2) is 5.78. The molecule has 0 bridgehead atoms. The molecule has 0 spiro atoms. The van der Waals surface area contributed by atoms with Gasteiger partial charge in [-0.3, -0.25) is 0 Å². The highest BCUT2D eigenvalue weighted by Crippen LogP contribution is 2.29. The lowest BCUT2D eigenvalue weighted by Gasteiger charge is -2.16. The van der Waals surface area contributed by atoms with E-state index >= 15 is 0 Å². The summed E-state index contributed by atoms with van der Waals surface area (Å²) in [5.41, 5.74) is 8.64. The third kappa shape index (κ3) is 2.89. The fourth-order valence-corrected chi connectivity index (χ4v) is 2.02. The minimum absolute atomic E-state index is 0.0461. The van der Waals surface area contributed by atoms with Crippen LogP contribution in [-0.4, -0.2) is 9.78 Å². The maximum absolute atomic E-state index is 6.05. The van der Waals surface area contributed by atoms with Crippen molar-refractivity contribution in [3.63, 3.8) is 0 Å². The molecule has 19 heavy (non-hydrogen) atoms. The molecular weight excluding hydrogens is 238 g/mol. The van der Waals surface area contributed by atoms with Crippen molar-refractivity contribution in [2.75, 3.05) is 5.73 Å². The fourth-order valence-electron chi connectivity index (χ4n) is 2.02. The van der Waals surface area contributed by atoms with Crippen LogP contribution in [0.1, 0.15) is 37.6 Å². The number of ether oxygens (including phenoxy) is 1. The first-order valence-corrected chi connectivity index (χ1v) is 6.68. The van der Waals surface area contributed by atoms with Crippen LogP contribution in [0.4, 0.5) is 5.69 Å². The highest BCUT2D eigenvalue weighted by atomic mass is 16.5. The van der Waals surface area contributed by atoms with Gasteiger partial charge >= 0.3 is 0 Å². The van der Waals surface area contributed by atoms with Gasteiger partial charge < -0.3 is 10.5 Å². The van der Waals surface area contributed by atoms with Crippen molar-refractivity contribution in [1.29, 1.82) is 0 Å². The number of aryl methyl sites for hydroxylation is 2. The van der Waals surface area contributed by atoms with E-state index in [1.807, 2.05) is 48.9 Å². The molecule has 1 aromatic heterocycles. The molecule has 0 aliphatic rings. The van der Waals surface area contributed by atoms with Crippen LogP contribution < -0.4 is 10.5 Å². The zero-order valence-corrected chi connectivity index (χ0v) is 11.8. The summed E-state index contributed by atoms with van der Waals surface area (Å²) < 4.78 is 7.86. The van der Waals surface area contributed by atoms with E-state index in [0.717, 1.165) is 24.2 Å². The fraction of sp³-hybridized carbons (Fsp3) is 0.400. The molecule has 0 radical (unpaired) electrons. The molecule has 2 rings (SSSR count). The molecule has 2 N–H and O–H groups in total. The predicted molar refractivity (Wildman–Crippen MR) is 77.2 cm³/mol. The number of anilines is 1. The average molecular weight is 259 g/mol. The van der Waals surface area contributed by atoms with Gasteiger partial charge in [-0.15, -0.1) is 0 Å². The number of aromatic nitrogens is 2. The third-order valence-corrected chi connectivity index (χ3v) is 3.12.